The van der Waals surface area contributed by atoms with E-state index in [9.17, 15) is 9.90 Å². The van der Waals surface area contributed by atoms with Crippen LogP contribution in [0.5, 0.6) is 0 Å². The molecule has 0 aliphatic rings. The summed E-state index contributed by atoms with van der Waals surface area (Å²) in [6.07, 6.45) is 0. The molecule has 0 heterocycles. The maximum atomic E-state index is 9.49. The highest BCUT2D eigenvalue weighted by molar-refractivity contribution is 7.79. The first-order valence-corrected chi connectivity index (χ1v) is 10.6. The van der Waals surface area contributed by atoms with Gasteiger partial charge in [0, 0.05) is 10.4 Å². The smallest absolute Gasteiger partial charge is 0.0751 e. The molecular weight excluding hydrogens is 398 g/mol. The molecule has 0 atom stereocenters. The highest BCUT2D eigenvalue weighted by Crippen LogP contribution is 1.84. The van der Waals surface area contributed by atoms with Crippen LogP contribution in [0.3, 0.4) is 0 Å². The van der Waals surface area contributed by atoms with Crippen LogP contribution in [0.25, 0.3) is 0 Å². The van der Waals surface area contributed by atoms with Crippen molar-refractivity contribution < 1.29 is 40.9 Å². The number of carboxylic acids is 1. The third kappa shape index (κ3) is 117. The molecule has 0 unspecified atom stereocenters. The van der Waals surface area contributed by atoms with Gasteiger partial charge in [-0.25, -0.2) is 0 Å². The van der Waals surface area contributed by atoms with Crippen molar-refractivity contribution in [1.82, 2.24) is 0 Å². The number of quaternary nitrogens is 3. The molecule has 0 saturated heterocycles. The Labute approximate surface area is 180 Å². The summed E-state index contributed by atoms with van der Waals surface area (Å²) >= 11 is 0. The van der Waals surface area contributed by atoms with E-state index in [1.54, 1.807) is 0 Å². The van der Waals surface area contributed by atoms with Crippen molar-refractivity contribution in [3.05, 3.63) is 12.2 Å². The maximum Gasteiger partial charge on any atom is 0.0751 e. The van der Waals surface area contributed by atoms with Gasteiger partial charge in [0.05, 0.1) is 89.0 Å². The van der Waals surface area contributed by atoms with Gasteiger partial charge in [-0.2, -0.15) is 0 Å². The summed E-state index contributed by atoms with van der Waals surface area (Å²) in [5.41, 5.74) is 0.0648. The van der Waals surface area contributed by atoms with Gasteiger partial charge in [-0.1, -0.05) is 6.58 Å². The molecule has 180 valence electrons. The lowest BCUT2D eigenvalue weighted by atomic mass is 10.4. The highest BCUT2D eigenvalue weighted by Gasteiger charge is 1.98. The quantitative estimate of drug-likeness (QED) is 0.262. The van der Waals surface area contributed by atoms with Gasteiger partial charge in [0.25, 0.3) is 0 Å². The Morgan fingerprint density at radius 3 is 0.793 bits per heavy atom. The lowest BCUT2D eigenvalue weighted by Crippen LogP contribution is -2.33. The van der Waals surface area contributed by atoms with Crippen molar-refractivity contribution in [2.45, 2.75) is 27.7 Å². The van der Waals surface area contributed by atoms with Crippen LogP contribution in [-0.2, 0) is 15.2 Å². The van der Waals surface area contributed by atoms with Crippen LogP contribution in [0.4, 0.5) is 0 Å². The predicted octanol–water partition coefficient (Wildman–Crippen LogP) is 0.112. The fourth-order valence-corrected chi connectivity index (χ4v) is 0. The van der Waals surface area contributed by atoms with Gasteiger partial charge < -0.3 is 32.5 Å². The molecule has 0 aliphatic carbocycles. The van der Waals surface area contributed by atoms with E-state index in [1.165, 1.54) is 26.6 Å². The summed E-state index contributed by atoms with van der Waals surface area (Å²) in [6, 6.07) is 0. The molecule has 0 spiro atoms. The molecule has 29 heavy (non-hydrogen) atoms. The van der Waals surface area contributed by atoms with E-state index in [0.29, 0.717) is 0 Å². The number of rotatable bonds is 4. The predicted molar refractivity (Wildman–Crippen MR) is 116 cm³/mol. The Hall–Kier alpha value is -1.04. The third-order valence-electron chi connectivity index (χ3n) is 3.19. The van der Waals surface area contributed by atoms with Crippen LogP contribution in [0.2, 0.25) is 0 Å². The van der Waals surface area contributed by atoms with E-state index in [1.807, 2.05) is 0 Å². The second kappa shape index (κ2) is 17.8. The fourth-order valence-electron chi connectivity index (χ4n) is 0. The Morgan fingerprint density at radius 1 is 0.724 bits per heavy atom. The monoisotopic (exact) mass is 445 g/mol. The molecule has 0 radical (unpaired) electrons. The van der Waals surface area contributed by atoms with Crippen LogP contribution in [-0.4, -0.2) is 120 Å². The van der Waals surface area contributed by atoms with Crippen molar-refractivity contribution in [1.29, 1.82) is 0 Å². The minimum absolute atomic E-state index is 0.0648. The topological polar surface area (TPSA) is 120 Å². The number of aliphatic carboxylic acids is 1. The molecule has 0 fully saturated rings. The molecule has 0 aromatic carbocycles. The van der Waals surface area contributed by atoms with Crippen LogP contribution in [0.15, 0.2) is 12.2 Å². The first-order chi connectivity index (χ1) is 12.3. The van der Waals surface area contributed by atoms with Crippen molar-refractivity contribution >= 4 is 16.4 Å². The Bertz CT molecular complexity index is 460. The van der Waals surface area contributed by atoms with Gasteiger partial charge in [-0.05, 0) is 33.3 Å². The summed E-state index contributed by atoms with van der Waals surface area (Å²) in [4.78, 5) is 9.49. The number of hydrogen-bond acceptors (Lipinski definition) is 6. The first-order valence-electron chi connectivity index (χ1n) is 9.27. The van der Waals surface area contributed by atoms with E-state index in [0.717, 1.165) is 13.4 Å². The van der Waals surface area contributed by atoms with E-state index < -0.39 is 16.4 Å². The van der Waals surface area contributed by atoms with E-state index in [4.69, 9.17) is 17.5 Å². The molecule has 0 N–H and O–H groups in total. The fraction of sp³-hybridized carbons (Fsp3) is 0.842. The minimum atomic E-state index is -5.17. The maximum absolute atomic E-state index is 9.49. The standard InChI is InChI=1S/3C5H14N.C4H6O2.H2O4S/c3*1-5-6(2,3)4;1-3(2)4(5)6;1-5(2,3)4/h3*5H2,1-4H3;1H2,2H3,(H,5,6);(H2,1,2,3,4)/q3*+1;;/p-3. The first kappa shape index (κ1) is 38.6. The Morgan fingerprint density at radius 2 is 0.793 bits per heavy atom. The Balaban J connectivity index is -0.0000000829. The molecule has 0 amide bonds. The average Bonchev–Trinajstić information content (AvgIpc) is 2.45. The van der Waals surface area contributed by atoms with Gasteiger partial charge in [0.2, 0.25) is 0 Å². The summed E-state index contributed by atoms with van der Waals surface area (Å²) in [6.45, 7) is 14.6. The van der Waals surface area contributed by atoms with E-state index in [2.05, 4.69) is 90.8 Å². The second-order valence-corrected chi connectivity index (χ2v) is 10.1. The van der Waals surface area contributed by atoms with E-state index in [-0.39, 0.29) is 5.57 Å². The SMILES string of the molecule is C=C(C)C(=O)[O-].CC[N+](C)(C)C.CC[N+](C)(C)C.CC[N+](C)(C)C.O=S(=O)([O-])[O-]. The zero-order valence-electron chi connectivity index (χ0n) is 21.0. The molecule has 0 aromatic heterocycles. The molecule has 0 rings (SSSR count). The largest absolute Gasteiger partial charge is 0.759 e. The minimum Gasteiger partial charge on any atom is -0.759 e. The summed E-state index contributed by atoms with van der Waals surface area (Å²) in [5, 5.41) is 9.49. The van der Waals surface area contributed by atoms with E-state index >= 15 is 0 Å². The number of hydrogen-bond donors (Lipinski definition) is 0. The van der Waals surface area contributed by atoms with Gasteiger partial charge in [-0.3, -0.25) is 8.42 Å². The zero-order valence-corrected chi connectivity index (χ0v) is 21.8. The zero-order chi connectivity index (χ0) is 25.3. The number of nitrogens with zero attached hydrogens (tertiary/aromatic N) is 3. The lowest BCUT2D eigenvalue weighted by molar-refractivity contribution is -0.868. The van der Waals surface area contributed by atoms with Crippen molar-refractivity contribution in [3.8, 4) is 0 Å². The summed E-state index contributed by atoms with van der Waals surface area (Å²) in [5.74, 6) is -1.19. The van der Waals surface area contributed by atoms with Crippen LogP contribution in [0, 0.1) is 0 Å². The number of carboxylic acid groups (broad SMARTS) is 1. The highest BCUT2D eigenvalue weighted by atomic mass is 32.3. The van der Waals surface area contributed by atoms with Crippen molar-refractivity contribution in [2.75, 3.05) is 83.1 Å². The average molecular weight is 446 g/mol. The van der Waals surface area contributed by atoms with Crippen LogP contribution < -0.4 is 5.11 Å². The third-order valence-corrected chi connectivity index (χ3v) is 3.19. The normalized spacial score (nSPS) is 11.0. The molecule has 0 aliphatic heterocycles. The summed E-state index contributed by atoms with van der Waals surface area (Å²) in [7, 11) is 14.5. The molecule has 0 aromatic rings. The second-order valence-electron chi connectivity index (χ2n) is 9.30. The molecule has 10 heteroatoms. The van der Waals surface area contributed by atoms with Crippen LogP contribution >= 0.6 is 0 Å². The number of carbonyl (C=O) groups is 1. The van der Waals surface area contributed by atoms with Gasteiger partial charge in [0.15, 0.2) is 0 Å². The molecule has 0 saturated carbocycles. The summed E-state index contributed by atoms with van der Waals surface area (Å²) < 4.78 is 37.3. The van der Waals surface area contributed by atoms with Crippen molar-refractivity contribution in [2.24, 2.45) is 0 Å². The number of carbonyl (C=O) groups excluding carboxylic acids is 1. The molecular formula is C19H47N3O6S. The molecule has 9 nitrogen and oxygen atoms in total. The van der Waals surface area contributed by atoms with Gasteiger partial charge >= 0.3 is 0 Å². The lowest BCUT2D eigenvalue weighted by Gasteiger charge is -2.20. The van der Waals surface area contributed by atoms with Gasteiger partial charge in [-0.15, -0.1) is 0 Å². The van der Waals surface area contributed by atoms with Crippen molar-refractivity contribution in [3.63, 3.8) is 0 Å². The van der Waals surface area contributed by atoms with Gasteiger partial charge in [0.1, 0.15) is 0 Å². The van der Waals surface area contributed by atoms with Crippen LogP contribution in [0.1, 0.15) is 27.7 Å². The molecule has 0 bridgehead atoms. The Kier molecular flexibility index (Phi) is 23.6.